The summed E-state index contributed by atoms with van der Waals surface area (Å²) >= 11 is 2.33. The lowest BCUT2D eigenvalue weighted by atomic mass is 9.76. The molecule has 154 valence electrons. The minimum atomic E-state index is -0.481. The van der Waals surface area contributed by atoms with Crippen molar-refractivity contribution in [1.82, 2.24) is 15.0 Å². The summed E-state index contributed by atoms with van der Waals surface area (Å²) in [4.78, 5) is 12.4. The summed E-state index contributed by atoms with van der Waals surface area (Å²) in [5.41, 5.74) is 0.413. The van der Waals surface area contributed by atoms with Crippen LogP contribution in [0.1, 0.15) is 84.4 Å². The predicted octanol–water partition coefficient (Wildman–Crippen LogP) is 4.73. The number of nitrogens with zero attached hydrogens (tertiary/aromatic N) is 3. The van der Waals surface area contributed by atoms with Crippen molar-refractivity contribution < 1.29 is 14.3 Å². The number of hydrogen-bond acceptors (Lipinski definition) is 5. The van der Waals surface area contributed by atoms with Crippen LogP contribution in [-0.2, 0) is 14.3 Å². The third-order valence-electron chi connectivity index (χ3n) is 4.91. The summed E-state index contributed by atoms with van der Waals surface area (Å²) in [6.07, 6.45) is 4.66. The zero-order valence-corrected chi connectivity index (χ0v) is 19.7. The van der Waals surface area contributed by atoms with Crippen molar-refractivity contribution in [2.45, 2.75) is 84.3 Å². The van der Waals surface area contributed by atoms with Crippen LogP contribution in [-0.4, -0.2) is 40.3 Å². The zero-order chi connectivity index (χ0) is 20.2. The van der Waals surface area contributed by atoms with Crippen molar-refractivity contribution in [3.8, 4) is 0 Å². The van der Waals surface area contributed by atoms with Gasteiger partial charge in [-0.3, -0.25) is 4.79 Å². The topological polar surface area (TPSA) is 66.2 Å². The molecule has 1 saturated carbocycles. The van der Waals surface area contributed by atoms with E-state index in [2.05, 4.69) is 51.4 Å². The van der Waals surface area contributed by atoms with Gasteiger partial charge in [-0.05, 0) is 80.9 Å². The first-order valence-corrected chi connectivity index (χ1v) is 11.0. The van der Waals surface area contributed by atoms with Gasteiger partial charge in [0.15, 0.2) is 0 Å². The van der Waals surface area contributed by atoms with Crippen molar-refractivity contribution in [2.24, 2.45) is 11.8 Å². The van der Waals surface area contributed by atoms with Gasteiger partial charge < -0.3 is 9.47 Å². The van der Waals surface area contributed by atoms with Crippen LogP contribution in [0, 0.1) is 15.5 Å². The Morgan fingerprint density at radius 2 is 2.00 bits per heavy atom. The van der Waals surface area contributed by atoms with Crippen LogP contribution in [0.3, 0.4) is 0 Å². The Kier molecular flexibility index (Phi) is 8.09. The normalized spacial score (nSPS) is 21.2. The minimum Gasteiger partial charge on any atom is -0.460 e. The number of esters is 1. The zero-order valence-electron chi connectivity index (χ0n) is 17.5. The second-order valence-corrected chi connectivity index (χ2v) is 10.1. The van der Waals surface area contributed by atoms with E-state index < -0.39 is 5.60 Å². The highest BCUT2D eigenvalue weighted by molar-refractivity contribution is 14.1. The van der Waals surface area contributed by atoms with E-state index in [9.17, 15) is 4.79 Å². The van der Waals surface area contributed by atoms with Crippen LogP contribution < -0.4 is 0 Å². The lowest BCUT2D eigenvalue weighted by Gasteiger charge is -2.36. The van der Waals surface area contributed by atoms with Crippen LogP contribution >= 0.6 is 22.6 Å². The molecule has 1 unspecified atom stereocenters. The molecule has 2 rings (SSSR count). The van der Waals surface area contributed by atoms with Crippen LogP contribution in [0.25, 0.3) is 0 Å². The Morgan fingerprint density at radius 3 is 2.56 bits per heavy atom. The maximum Gasteiger partial charge on any atom is 0.306 e. The summed E-state index contributed by atoms with van der Waals surface area (Å²) in [5, 5.41) is 8.88. The predicted molar refractivity (Wildman–Crippen MR) is 114 cm³/mol. The van der Waals surface area contributed by atoms with Crippen molar-refractivity contribution in [1.29, 1.82) is 0 Å². The van der Waals surface area contributed by atoms with E-state index in [1.165, 1.54) is 19.3 Å². The first-order chi connectivity index (χ1) is 12.6. The van der Waals surface area contributed by atoms with Gasteiger partial charge in [-0.1, -0.05) is 19.1 Å². The highest BCUT2D eigenvalue weighted by atomic mass is 127. The van der Waals surface area contributed by atoms with Crippen molar-refractivity contribution in [3.63, 3.8) is 0 Å². The number of carbonyl (C=O) groups excluding carboxylic acids is 1. The fourth-order valence-electron chi connectivity index (χ4n) is 3.72. The van der Waals surface area contributed by atoms with Crippen molar-refractivity contribution in [3.05, 3.63) is 9.39 Å². The summed E-state index contributed by atoms with van der Waals surface area (Å²) < 4.78 is 13.9. The molecule has 7 heteroatoms. The van der Waals surface area contributed by atoms with E-state index in [-0.39, 0.29) is 11.9 Å². The average Bonchev–Trinajstić information content (AvgIpc) is 2.86. The Morgan fingerprint density at radius 1 is 1.33 bits per heavy atom. The van der Waals surface area contributed by atoms with E-state index in [0.29, 0.717) is 19.1 Å². The minimum absolute atomic E-state index is 0.0352. The molecular formula is C20H34IN3O3. The smallest absolute Gasteiger partial charge is 0.306 e. The number of rotatable bonds is 9. The first kappa shape index (κ1) is 22.6. The van der Waals surface area contributed by atoms with E-state index in [1.54, 1.807) is 7.11 Å². The lowest BCUT2D eigenvalue weighted by Crippen LogP contribution is -2.29. The van der Waals surface area contributed by atoms with Gasteiger partial charge in [0.05, 0.1) is 18.2 Å². The number of halogens is 1. The van der Waals surface area contributed by atoms with Crippen LogP contribution in [0.2, 0.25) is 0 Å². The van der Waals surface area contributed by atoms with Crippen molar-refractivity contribution in [2.75, 3.05) is 13.7 Å². The molecule has 0 bridgehead atoms. The SMILES string of the molecule is COCCC(CC(=O)OC(C)(C)C)c1nnn(C2CC(CC(C)C)C2)c1I. The van der Waals surface area contributed by atoms with Crippen LogP contribution in [0.5, 0.6) is 0 Å². The van der Waals surface area contributed by atoms with Gasteiger partial charge in [0.1, 0.15) is 9.30 Å². The maximum absolute atomic E-state index is 12.4. The average molecular weight is 491 g/mol. The largest absolute Gasteiger partial charge is 0.460 e. The molecule has 1 fully saturated rings. The molecule has 0 spiro atoms. The number of aromatic nitrogens is 3. The van der Waals surface area contributed by atoms with E-state index in [0.717, 1.165) is 27.7 Å². The quantitative estimate of drug-likeness (QED) is 0.369. The Labute approximate surface area is 176 Å². The van der Waals surface area contributed by atoms with Crippen LogP contribution in [0.4, 0.5) is 0 Å². The fraction of sp³-hybridized carbons (Fsp3) is 0.850. The van der Waals surface area contributed by atoms with E-state index in [1.807, 2.05) is 20.8 Å². The molecule has 6 nitrogen and oxygen atoms in total. The van der Waals surface area contributed by atoms with Crippen LogP contribution in [0.15, 0.2) is 0 Å². The second kappa shape index (κ2) is 9.67. The number of ether oxygens (including phenoxy) is 2. The van der Waals surface area contributed by atoms with E-state index >= 15 is 0 Å². The molecule has 1 aromatic heterocycles. The van der Waals surface area contributed by atoms with Gasteiger partial charge in [-0.15, -0.1) is 5.10 Å². The third-order valence-corrected chi connectivity index (χ3v) is 5.96. The molecule has 0 N–H and O–H groups in total. The monoisotopic (exact) mass is 491 g/mol. The van der Waals surface area contributed by atoms with E-state index in [4.69, 9.17) is 9.47 Å². The summed E-state index contributed by atoms with van der Waals surface area (Å²) in [7, 11) is 1.68. The van der Waals surface area contributed by atoms with Gasteiger partial charge in [0.25, 0.3) is 0 Å². The maximum atomic E-state index is 12.4. The Hall–Kier alpha value is -0.700. The molecule has 1 heterocycles. The number of methoxy groups -OCH3 is 1. The molecular weight excluding hydrogens is 457 g/mol. The molecule has 1 aliphatic rings. The second-order valence-electron chi connectivity index (χ2n) is 9.10. The summed E-state index contributed by atoms with van der Waals surface area (Å²) in [5.74, 6) is 1.31. The number of carbonyl (C=O) groups is 1. The summed E-state index contributed by atoms with van der Waals surface area (Å²) in [6, 6.07) is 0.437. The first-order valence-electron chi connectivity index (χ1n) is 9.92. The molecule has 0 radical (unpaired) electrons. The molecule has 27 heavy (non-hydrogen) atoms. The highest BCUT2D eigenvalue weighted by Crippen LogP contribution is 2.42. The third kappa shape index (κ3) is 6.69. The molecule has 0 saturated heterocycles. The molecule has 0 amide bonds. The Balaban J connectivity index is 2.06. The molecule has 1 aliphatic carbocycles. The standard InChI is InChI=1S/C20H34IN3O3/c1-13(2)9-14-10-16(11-14)24-19(21)18(22-23-24)15(7-8-26-6)12-17(25)27-20(3,4)5/h13-16H,7-12H2,1-6H3. The summed E-state index contributed by atoms with van der Waals surface area (Å²) in [6.45, 7) is 10.8. The molecule has 0 aliphatic heterocycles. The molecule has 1 atom stereocenters. The highest BCUT2D eigenvalue weighted by Gasteiger charge is 2.34. The molecule has 0 aromatic carbocycles. The lowest BCUT2D eigenvalue weighted by molar-refractivity contribution is -0.155. The van der Waals surface area contributed by atoms with Gasteiger partial charge in [-0.25, -0.2) is 4.68 Å². The number of hydrogen-bond donors (Lipinski definition) is 0. The van der Waals surface area contributed by atoms with Gasteiger partial charge in [0, 0.05) is 19.6 Å². The van der Waals surface area contributed by atoms with Gasteiger partial charge in [-0.2, -0.15) is 0 Å². The Bertz CT molecular complexity index is 618. The van der Waals surface area contributed by atoms with Gasteiger partial charge in [0.2, 0.25) is 0 Å². The fourth-order valence-corrected chi connectivity index (χ4v) is 4.76. The van der Waals surface area contributed by atoms with Gasteiger partial charge >= 0.3 is 5.97 Å². The molecule has 1 aromatic rings. The van der Waals surface area contributed by atoms with Crippen molar-refractivity contribution >= 4 is 28.6 Å².